The van der Waals surface area contributed by atoms with Gasteiger partial charge in [0, 0.05) is 11.8 Å². The lowest BCUT2D eigenvalue weighted by Gasteiger charge is -2.18. The summed E-state index contributed by atoms with van der Waals surface area (Å²) in [6.07, 6.45) is 1.77. The highest BCUT2D eigenvalue weighted by Gasteiger charge is 2.25. The Morgan fingerprint density at radius 3 is 2.52 bits per heavy atom. The summed E-state index contributed by atoms with van der Waals surface area (Å²) >= 11 is 11.8. The van der Waals surface area contributed by atoms with Crippen LogP contribution in [0.15, 0.2) is 24.4 Å². The molecule has 1 unspecified atom stereocenters. The predicted molar refractivity (Wildman–Crippen MR) is 94.7 cm³/mol. The van der Waals surface area contributed by atoms with E-state index in [0.29, 0.717) is 22.6 Å². The summed E-state index contributed by atoms with van der Waals surface area (Å²) in [6.45, 7) is 2.02. The Hall–Kier alpha value is -2.05. The molecule has 1 aromatic carbocycles. The molecule has 0 saturated carbocycles. The van der Waals surface area contributed by atoms with E-state index in [9.17, 15) is 4.79 Å². The maximum absolute atomic E-state index is 12.5. The normalized spacial score (nSPS) is 11.7. The highest BCUT2D eigenvalue weighted by molar-refractivity contribution is 6.32. The smallest absolute Gasteiger partial charge is 0.313 e. The fourth-order valence-corrected chi connectivity index (χ4v) is 2.76. The third kappa shape index (κ3) is 4.74. The molecular formula is C17H18Cl2N2O4. The van der Waals surface area contributed by atoms with Gasteiger partial charge in [-0.1, -0.05) is 17.7 Å². The van der Waals surface area contributed by atoms with Crippen LogP contribution in [-0.4, -0.2) is 36.8 Å². The Balaban J connectivity index is 2.40. The number of ether oxygens (including phenoxy) is 3. The van der Waals surface area contributed by atoms with Crippen LogP contribution in [0.5, 0.6) is 11.5 Å². The molecule has 0 aliphatic heterocycles. The maximum Gasteiger partial charge on any atom is 0.313 e. The van der Waals surface area contributed by atoms with Crippen LogP contribution in [0.4, 0.5) is 0 Å². The Labute approximate surface area is 156 Å². The number of esters is 1. The van der Waals surface area contributed by atoms with Gasteiger partial charge in [-0.05, 0) is 42.6 Å². The molecule has 0 aliphatic rings. The molecule has 0 N–H and O–H groups in total. The quantitative estimate of drug-likeness (QED) is 0.411. The highest BCUT2D eigenvalue weighted by atomic mass is 35.5. The number of halogens is 2. The molecule has 0 bridgehead atoms. The van der Waals surface area contributed by atoms with E-state index in [1.807, 2.05) is 0 Å². The fraction of sp³-hybridized carbons (Fsp3) is 0.353. The van der Waals surface area contributed by atoms with Crippen molar-refractivity contribution in [3.8, 4) is 11.5 Å². The van der Waals surface area contributed by atoms with E-state index in [2.05, 4.69) is 9.97 Å². The van der Waals surface area contributed by atoms with Gasteiger partial charge in [-0.3, -0.25) is 4.79 Å². The summed E-state index contributed by atoms with van der Waals surface area (Å²) in [5, 5.41) is 0.252. The fourth-order valence-electron chi connectivity index (χ4n) is 2.37. The third-order valence-electron chi connectivity index (χ3n) is 3.59. The van der Waals surface area contributed by atoms with Gasteiger partial charge < -0.3 is 14.2 Å². The Morgan fingerprint density at radius 1 is 1.20 bits per heavy atom. The number of rotatable bonds is 7. The summed E-state index contributed by atoms with van der Waals surface area (Å²) in [4.78, 5) is 20.3. The largest absolute Gasteiger partial charge is 0.493 e. The van der Waals surface area contributed by atoms with Gasteiger partial charge in [-0.25, -0.2) is 9.97 Å². The maximum atomic E-state index is 12.5. The highest BCUT2D eigenvalue weighted by Crippen LogP contribution is 2.33. The van der Waals surface area contributed by atoms with Crippen LogP contribution < -0.4 is 9.47 Å². The standard InChI is InChI=1S/C17H18Cl2N2O4/c1-4-25-16(22)12(7-11-9-20-17(19)21-15(11)18)10-5-6-13(23-2)14(8-10)24-3/h5-6,8-9,12H,4,7H2,1-3H3. The molecule has 1 aromatic heterocycles. The van der Waals surface area contributed by atoms with Crippen LogP contribution in [0.2, 0.25) is 10.4 Å². The van der Waals surface area contributed by atoms with E-state index in [0.717, 1.165) is 0 Å². The second-order valence-corrected chi connectivity index (χ2v) is 5.77. The van der Waals surface area contributed by atoms with Crippen molar-refractivity contribution in [3.05, 3.63) is 46.0 Å². The van der Waals surface area contributed by atoms with Crippen molar-refractivity contribution in [3.63, 3.8) is 0 Å². The van der Waals surface area contributed by atoms with Crippen molar-refractivity contribution < 1.29 is 19.0 Å². The number of benzene rings is 1. The molecule has 25 heavy (non-hydrogen) atoms. The lowest BCUT2D eigenvalue weighted by Crippen LogP contribution is -2.19. The second-order valence-electron chi connectivity index (χ2n) is 5.08. The molecule has 0 saturated heterocycles. The zero-order valence-electron chi connectivity index (χ0n) is 14.1. The molecule has 1 heterocycles. The van der Waals surface area contributed by atoms with Crippen LogP contribution in [-0.2, 0) is 16.0 Å². The van der Waals surface area contributed by atoms with Gasteiger partial charge in [-0.15, -0.1) is 0 Å². The van der Waals surface area contributed by atoms with Crippen LogP contribution in [0.1, 0.15) is 24.0 Å². The summed E-state index contributed by atoms with van der Waals surface area (Å²) in [6, 6.07) is 5.26. The Kier molecular flexibility index (Phi) is 6.84. The van der Waals surface area contributed by atoms with E-state index >= 15 is 0 Å². The van der Waals surface area contributed by atoms with Gasteiger partial charge in [0.05, 0.1) is 26.7 Å². The lowest BCUT2D eigenvalue weighted by atomic mass is 9.92. The molecule has 2 aromatic rings. The van der Waals surface area contributed by atoms with Gasteiger partial charge in [0.1, 0.15) is 5.15 Å². The minimum Gasteiger partial charge on any atom is -0.493 e. The molecule has 6 nitrogen and oxygen atoms in total. The average Bonchev–Trinajstić information content (AvgIpc) is 2.60. The molecule has 134 valence electrons. The lowest BCUT2D eigenvalue weighted by molar-refractivity contribution is -0.144. The number of aromatic nitrogens is 2. The van der Waals surface area contributed by atoms with Crippen molar-refractivity contribution in [2.45, 2.75) is 19.3 Å². The molecule has 0 amide bonds. The predicted octanol–water partition coefficient (Wildman–Crippen LogP) is 3.69. The van der Waals surface area contributed by atoms with E-state index < -0.39 is 5.92 Å². The number of carbonyl (C=O) groups is 1. The first kappa shape index (κ1) is 19.3. The Bertz CT molecular complexity index is 755. The van der Waals surface area contributed by atoms with Crippen LogP contribution in [0.25, 0.3) is 0 Å². The van der Waals surface area contributed by atoms with Crippen molar-refractivity contribution in [2.75, 3.05) is 20.8 Å². The third-order valence-corrected chi connectivity index (χ3v) is 4.10. The molecule has 8 heteroatoms. The van der Waals surface area contributed by atoms with E-state index in [1.54, 1.807) is 32.2 Å². The zero-order chi connectivity index (χ0) is 18.4. The van der Waals surface area contributed by atoms with Crippen molar-refractivity contribution in [1.29, 1.82) is 0 Å². The second kappa shape index (κ2) is 8.87. The van der Waals surface area contributed by atoms with Crippen molar-refractivity contribution >= 4 is 29.2 Å². The van der Waals surface area contributed by atoms with E-state index in [4.69, 9.17) is 37.4 Å². The summed E-state index contributed by atoms with van der Waals surface area (Å²) < 4.78 is 15.7. The van der Waals surface area contributed by atoms with Gasteiger partial charge in [-0.2, -0.15) is 0 Å². The first-order valence-electron chi connectivity index (χ1n) is 7.55. The number of methoxy groups -OCH3 is 2. The minimum absolute atomic E-state index is 0.0487. The van der Waals surface area contributed by atoms with Crippen LogP contribution >= 0.6 is 23.2 Å². The molecule has 0 fully saturated rings. The van der Waals surface area contributed by atoms with E-state index in [-0.39, 0.29) is 29.4 Å². The van der Waals surface area contributed by atoms with Crippen LogP contribution in [0.3, 0.4) is 0 Å². The molecule has 1 atom stereocenters. The average molecular weight is 385 g/mol. The number of nitrogens with zero attached hydrogens (tertiary/aromatic N) is 2. The molecule has 0 aliphatic carbocycles. The van der Waals surface area contributed by atoms with Gasteiger partial charge in [0.15, 0.2) is 11.5 Å². The van der Waals surface area contributed by atoms with Gasteiger partial charge in [0.25, 0.3) is 0 Å². The molecule has 0 spiro atoms. The molecule has 2 rings (SSSR count). The number of carbonyl (C=O) groups excluding carboxylic acids is 1. The summed E-state index contributed by atoms with van der Waals surface area (Å²) in [7, 11) is 3.08. The number of hydrogen-bond acceptors (Lipinski definition) is 6. The monoisotopic (exact) mass is 384 g/mol. The SMILES string of the molecule is CCOC(=O)C(Cc1cnc(Cl)nc1Cl)c1ccc(OC)c(OC)c1. The topological polar surface area (TPSA) is 70.5 Å². The number of hydrogen-bond donors (Lipinski definition) is 0. The minimum atomic E-state index is -0.595. The van der Waals surface area contributed by atoms with Crippen LogP contribution in [0, 0.1) is 0 Å². The van der Waals surface area contributed by atoms with Crippen molar-refractivity contribution in [1.82, 2.24) is 9.97 Å². The first-order valence-corrected chi connectivity index (χ1v) is 8.31. The molecular weight excluding hydrogens is 367 g/mol. The zero-order valence-corrected chi connectivity index (χ0v) is 15.6. The Morgan fingerprint density at radius 2 is 1.92 bits per heavy atom. The van der Waals surface area contributed by atoms with Gasteiger partial charge >= 0.3 is 5.97 Å². The summed E-state index contributed by atoms with van der Waals surface area (Å²) in [5.41, 5.74) is 1.31. The van der Waals surface area contributed by atoms with Gasteiger partial charge in [0.2, 0.25) is 5.28 Å². The first-order chi connectivity index (χ1) is 12.0. The van der Waals surface area contributed by atoms with E-state index in [1.165, 1.54) is 13.3 Å². The van der Waals surface area contributed by atoms with Crippen molar-refractivity contribution in [2.24, 2.45) is 0 Å². The summed E-state index contributed by atoms with van der Waals surface area (Å²) in [5.74, 6) is 0.122. The molecule has 0 radical (unpaired) electrons.